The molecule has 1 aromatic heterocycles. The molecule has 2 aromatic rings. The Bertz CT molecular complexity index is 524. The van der Waals surface area contributed by atoms with Crippen LogP contribution in [0.5, 0.6) is 0 Å². The third kappa shape index (κ3) is 4.95. The van der Waals surface area contributed by atoms with Crippen molar-refractivity contribution in [2.45, 2.75) is 25.8 Å². The van der Waals surface area contributed by atoms with E-state index in [1.54, 1.807) is 0 Å². The maximum absolute atomic E-state index is 5.38. The van der Waals surface area contributed by atoms with Gasteiger partial charge in [0.1, 0.15) is 0 Å². The van der Waals surface area contributed by atoms with Gasteiger partial charge in [-0.25, -0.2) is 0 Å². The molecule has 0 amide bonds. The summed E-state index contributed by atoms with van der Waals surface area (Å²) in [6.45, 7) is 3.93. The van der Waals surface area contributed by atoms with E-state index in [0.29, 0.717) is 12.3 Å². The van der Waals surface area contributed by atoms with Crippen LogP contribution in [-0.2, 0) is 12.8 Å². The number of benzene rings is 1. The Hall–Kier alpha value is -1.72. The molecule has 2 rings (SSSR count). The molecule has 1 aromatic carbocycles. The molecule has 0 aliphatic rings. The predicted molar refractivity (Wildman–Crippen MR) is 83.1 cm³/mol. The molecular formula is C16H24N4O. The summed E-state index contributed by atoms with van der Waals surface area (Å²) >= 11 is 0. The second-order valence-electron chi connectivity index (χ2n) is 5.38. The lowest BCUT2D eigenvalue weighted by Crippen LogP contribution is -2.23. The Morgan fingerprint density at radius 1 is 1.24 bits per heavy atom. The van der Waals surface area contributed by atoms with Crippen LogP contribution in [0.25, 0.3) is 0 Å². The summed E-state index contributed by atoms with van der Waals surface area (Å²) in [5.41, 5.74) is 1.24. The molecule has 21 heavy (non-hydrogen) atoms. The van der Waals surface area contributed by atoms with Crippen LogP contribution in [-0.4, -0.2) is 42.2 Å². The van der Waals surface area contributed by atoms with Gasteiger partial charge in [-0.15, -0.1) is 0 Å². The monoisotopic (exact) mass is 288 g/mol. The average Bonchev–Trinajstić information content (AvgIpc) is 2.93. The largest absolute Gasteiger partial charge is 0.339 e. The van der Waals surface area contributed by atoms with E-state index in [9.17, 15) is 0 Å². The van der Waals surface area contributed by atoms with Gasteiger partial charge in [0, 0.05) is 25.4 Å². The zero-order chi connectivity index (χ0) is 15.1. The first-order valence-corrected chi connectivity index (χ1v) is 7.43. The third-order valence-corrected chi connectivity index (χ3v) is 3.32. The lowest BCUT2D eigenvalue weighted by atomic mass is 10.0. The summed E-state index contributed by atoms with van der Waals surface area (Å²) in [4.78, 5) is 6.60. The summed E-state index contributed by atoms with van der Waals surface area (Å²) in [6, 6.07) is 10.6. The molecule has 0 saturated heterocycles. The van der Waals surface area contributed by atoms with Crippen molar-refractivity contribution in [3.8, 4) is 0 Å². The number of rotatable bonds is 8. The van der Waals surface area contributed by atoms with Crippen molar-refractivity contribution < 1.29 is 4.52 Å². The molecule has 0 saturated carbocycles. The quantitative estimate of drug-likeness (QED) is 0.806. The van der Waals surface area contributed by atoms with Crippen LogP contribution in [0.1, 0.15) is 30.2 Å². The minimum atomic E-state index is 0.207. The molecule has 5 heteroatoms. The number of nitrogens with zero attached hydrogens (tertiary/aromatic N) is 3. The van der Waals surface area contributed by atoms with Crippen LogP contribution >= 0.6 is 0 Å². The molecule has 1 atom stereocenters. The van der Waals surface area contributed by atoms with Gasteiger partial charge in [0.25, 0.3) is 0 Å². The molecule has 1 N–H and O–H groups in total. The van der Waals surface area contributed by atoms with Gasteiger partial charge in [-0.2, -0.15) is 4.98 Å². The molecular weight excluding hydrogens is 264 g/mol. The lowest BCUT2D eigenvalue weighted by molar-refractivity contribution is 0.351. The Labute approximate surface area is 126 Å². The number of likely N-dealkylation sites (N-methyl/N-ethyl adjacent to an activating group) is 2. The third-order valence-electron chi connectivity index (χ3n) is 3.32. The first-order chi connectivity index (χ1) is 10.2. The summed E-state index contributed by atoms with van der Waals surface area (Å²) in [6.07, 6.45) is 1.53. The van der Waals surface area contributed by atoms with Crippen LogP contribution in [0, 0.1) is 0 Å². The van der Waals surface area contributed by atoms with Crippen molar-refractivity contribution in [2.24, 2.45) is 0 Å². The van der Waals surface area contributed by atoms with Gasteiger partial charge in [-0.1, -0.05) is 42.4 Å². The zero-order valence-electron chi connectivity index (χ0n) is 13.0. The predicted octanol–water partition coefficient (Wildman–Crippen LogP) is 2.07. The summed E-state index contributed by atoms with van der Waals surface area (Å²) in [5, 5.41) is 7.53. The first-order valence-electron chi connectivity index (χ1n) is 7.43. The maximum Gasteiger partial charge on any atom is 0.228 e. The summed E-state index contributed by atoms with van der Waals surface area (Å²) in [7, 11) is 4.08. The average molecular weight is 288 g/mol. The Balaban J connectivity index is 2.00. The van der Waals surface area contributed by atoms with Crippen LogP contribution in [0.15, 0.2) is 34.9 Å². The highest BCUT2D eigenvalue weighted by atomic mass is 16.5. The highest BCUT2D eigenvalue weighted by Gasteiger charge is 2.15. The van der Waals surface area contributed by atoms with Gasteiger partial charge in [0.05, 0.1) is 0 Å². The number of hydrogen-bond acceptors (Lipinski definition) is 5. The SMILES string of the molecule is CCNC(Cc1nc(CCN(C)C)no1)c1ccccc1. The number of aromatic nitrogens is 2. The van der Waals surface area contributed by atoms with Crippen LogP contribution in [0.2, 0.25) is 0 Å². The van der Waals surface area contributed by atoms with Crippen molar-refractivity contribution >= 4 is 0 Å². The molecule has 0 radical (unpaired) electrons. The van der Waals surface area contributed by atoms with Gasteiger partial charge < -0.3 is 14.7 Å². The zero-order valence-corrected chi connectivity index (χ0v) is 13.0. The van der Waals surface area contributed by atoms with Crippen molar-refractivity contribution in [3.05, 3.63) is 47.6 Å². The normalized spacial score (nSPS) is 12.8. The fourth-order valence-electron chi connectivity index (χ4n) is 2.21. The van der Waals surface area contributed by atoms with E-state index >= 15 is 0 Å². The molecule has 5 nitrogen and oxygen atoms in total. The van der Waals surface area contributed by atoms with Crippen LogP contribution in [0.4, 0.5) is 0 Å². The van der Waals surface area contributed by atoms with E-state index < -0.39 is 0 Å². The smallest absolute Gasteiger partial charge is 0.228 e. The van der Waals surface area contributed by atoms with E-state index in [0.717, 1.165) is 25.3 Å². The van der Waals surface area contributed by atoms with E-state index in [1.165, 1.54) is 5.56 Å². The van der Waals surface area contributed by atoms with Gasteiger partial charge in [0.2, 0.25) is 5.89 Å². The van der Waals surface area contributed by atoms with E-state index in [-0.39, 0.29) is 6.04 Å². The highest BCUT2D eigenvalue weighted by Crippen LogP contribution is 2.17. The van der Waals surface area contributed by atoms with Gasteiger partial charge in [-0.05, 0) is 26.2 Å². The molecule has 0 aliphatic carbocycles. The Kier molecular flexibility index (Phi) is 5.90. The minimum Gasteiger partial charge on any atom is -0.339 e. The molecule has 1 heterocycles. The van der Waals surface area contributed by atoms with E-state index in [1.807, 2.05) is 20.2 Å². The van der Waals surface area contributed by atoms with Gasteiger partial charge in [-0.3, -0.25) is 0 Å². The van der Waals surface area contributed by atoms with Crippen LogP contribution < -0.4 is 5.32 Å². The maximum atomic E-state index is 5.38. The van der Waals surface area contributed by atoms with Crippen molar-refractivity contribution in [1.82, 2.24) is 20.4 Å². The second-order valence-corrected chi connectivity index (χ2v) is 5.38. The molecule has 0 fully saturated rings. The summed E-state index contributed by atoms with van der Waals surface area (Å²) < 4.78 is 5.38. The van der Waals surface area contributed by atoms with E-state index in [2.05, 4.69) is 51.5 Å². The van der Waals surface area contributed by atoms with Crippen molar-refractivity contribution in [1.29, 1.82) is 0 Å². The van der Waals surface area contributed by atoms with Gasteiger partial charge in [0.15, 0.2) is 5.82 Å². The van der Waals surface area contributed by atoms with E-state index in [4.69, 9.17) is 4.52 Å². The first kappa shape index (κ1) is 15.7. The molecule has 0 spiro atoms. The Morgan fingerprint density at radius 3 is 2.67 bits per heavy atom. The topological polar surface area (TPSA) is 54.2 Å². The van der Waals surface area contributed by atoms with Crippen molar-refractivity contribution in [3.63, 3.8) is 0 Å². The van der Waals surface area contributed by atoms with Gasteiger partial charge >= 0.3 is 0 Å². The fraction of sp³-hybridized carbons (Fsp3) is 0.500. The molecule has 0 aliphatic heterocycles. The molecule has 1 unspecified atom stereocenters. The fourth-order valence-corrected chi connectivity index (χ4v) is 2.21. The second kappa shape index (κ2) is 7.90. The molecule has 114 valence electrons. The van der Waals surface area contributed by atoms with Crippen molar-refractivity contribution in [2.75, 3.05) is 27.2 Å². The Morgan fingerprint density at radius 2 is 2.00 bits per heavy atom. The standard InChI is InChI=1S/C16H24N4O/c1-4-17-14(13-8-6-5-7-9-13)12-16-18-15(19-21-16)10-11-20(2)3/h5-9,14,17H,4,10-12H2,1-3H3. The number of hydrogen-bond donors (Lipinski definition) is 1. The highest BCUT2D eigenvalue weighted by molar-refractivity contribution is 5.19. The number of nitrogens with one attached hydrogen (secondary N) is 1. The summed E-state index contributed by atoms with van der Waals surface area (Å²) in [5.74, 6) is 1.47. The van der Waals surface area contributed by atoms with Crippen LogP contribution in [0.3, 0.4) is 0 Å². The minimum absolute atomic E-state index is 0.207. The lowest BCUT2D eigenvalue weighted by Gasteiger charge is -2.16. The molecule has 0 bridgehead atoms.